The molecular formula is C11H23N3O. The van der Waals surface area contributed by atoms with Crippen molar-refractivity contribution in [1.82, 2.24) is 10.2 Å². The normalized spacial score (nSPS) is 28.9. The molecule has 0 bridgehead atoms. The zero-order chi connectivity index (χ0) is 11.4. The van der Waals surface area contributed by atoms with Gasteiger partial charge in [0.1, 0.15) is 0 Å². The van der Waals surface area contributed by atoms with Crippen LogP contribution < -0.4 is 11.1 Å². The zero-order valence-electron chi connectivity index (χ0n) is 9.99. The summed E-state index contributed by atoms with van der Waals surface area (Å²) in [5, 5.41) is 3.35. The predicted octanol–water partition coefficient (Wildman–Crippen LogP) is 0.323. The molecular weight excluding hydrogens is 190 g/mol. The Labute approximate surface area is 92.2 Å². The lowest BCUT2D eigenvalue weighted by Crippen LogP contribution is -2.60. The monoisotopic (exact) mass is 213 g/mol. The highest BCUT2D eigenvalue weighted by Crippen LogP contribution is 2.11. The molecule has 88 valence electrons. The number of nitrogens with one attached hydrogen (secondary N) is 1. The fourth-order valence-corrected chi connectivity index (χ4v) is 2.02. The quantitative estimate of drug-likeness (QED) is 0.710. The minimum Gasteiger partial charge on any atom is -0.336 e. The first kappa shape index (κ1) is 12.5. The molecule has 3 atom stereocenters. The molecule has 0 aliphatic carbocycles. The van der Waals surface area contributed by atoms with Gasteiger partial charge in [-0.15, -0.1) is 0 Å². The molecule has 1 saturated heterocycles. The Hall–Kier alpha value is -0.610. The van der Waals surface area contributed by atoms with E-state index in [-0.39, 0.29) is 18.0 Å². The number of carbonyl (C=O) groups excluding carboxylic acids is 1. The Bertz CT molecular complexity index is 220. The Morgan fingerprint density at radius 2 is 2.27 bits per heavy atom. The number of nitrogens with zero attached hydrogens (tertiary/aromatic N) is 1. The molecule has 0 aromatic heterocycles. The van der Waals surface area contributed by atoms with Gasteiger partial charge in [0.2, 0.25) is 5.91 Å². The molecule has 3 unspecified atom stereocenters. The lowest BCUT2D eigenvalue weighted by Gasteiger charge is -2.39. The van der Waals surface area contributed by atoms with E-state index < -0.39 is 0 Å². The molecule has 1 rings (SSSR count). The fraction of sp³-hybridized carbons (Fsp3) is 0.909. The molecule has 0 aromatic rings. The van der Waals surface area contributed by atoms with Crippen molar-refractivity contribution in [3.05, 3.63) is 0 Å². The van der Waals surface area contributed by atoms with Crippen molar-refractivity contribution < 1.29 is 4.79 Å². The van der Waals surface area contributed by atoms with Crippen LogP contribution in [0.3, 0.4) is 0 Å². The van der Waals surface area contributed by atoms with Gasteiger partial charge in [0, 0.05) is 25.2 Å². The van der Waals surface area contributed by atoms with E-state index in [1.165, 1.54) is 0 Å². The maximum absolute atomic E-state index is 12.0. The van der Waals surface area contributed by atoms with Gasteiger partial charge in [-0.1, -0.05) is 13.3 Å². The van der Waals surface area contributed by atoms with Crippen molar-refractivity contribution in [2.75, 3.05) is 13.1 Å². The van der Waals surface area contributed by atoms with Crippen LogP contribution in [0.5, 0.6) is 0 Å². The SMILES string of the molecule is CCCC(N)C(=O)N1CCNC(C)C1C. The second kappa shape index (κ2) is 5.47. The van der Waals surface area contributed by atoms with Crippen molar-refractivity contribution in [3.8, 4) is 0 Å². The summed E-state index contributed by atoms with van der Waals surface area (Å²) in [6.07, 6.45) is 1.74. The van der Waals surface area contributed by atoms with Gasteiger partial charge < -0.3 is 16.0 Å². The fourth-order valence-electron chi connectivity index (χ4n) is 2.02. The van der Waals surface area contributed by atoms with Crippen LogP contribution in [-0.4, -0.2) is 42.0 Å². The minimum atomic E-state index is -0.317. The summed E-state index contributed by atoms with van der Waals surface area (Å²) in [7, 11) is 0. The van der Waals surface area contributed by atoms with Crippen molar-refractivity contribution in [2.24, 2.45) is 5.73 Å². The average Bonchev–Trinajstić information content (AvgIpc) is 2.21. The van der Waals surface area contributed by atoms with E-state index in [1.54, 1.807) is 0 Å². The summed E-state index contributed by atoms with van der Waals surface area (Å²) in [5.74, 6) is 0.109. The maximum Gasteiger partial charge on any atom is 0.239 e. The van der Waals surface area contributed by atoms with Crippen molar-refractivity contribution in [1.29, 1.82) is 0 Å². The van der Waals surface area contributed by atoms with Crippen molar-refractivity contribution in [2.45, 2.75) is 51.7 Å². The number of hydrogen-bond donors (Lipinski definition) is 2. The molecule has 0 spiro atoms. The first-order valence-electron chi connectivity index (χ1n) is 5.87. The van der Waals surface area contributed by atoms with Crippen LogP contribution in [0.4, 0.5) is 0 Å². The molecule has 4 nitrogen and oxygen atoms in total. The highest BCUT2D eigenvalue weighted by atomic mass is 16.2. The van der Waals surface area contributed by atoms with E-state index in [0.717, 1.165) is 25.9 Å². The highest BCUT2D eigenvalue weighted by molar-refractivity contribution is 5.82. The molecule has 0 saturated carbocycles. The first-order valence-corrected chi connectivity index (χ1v) is 5.87. The lowest BCUT2D eigenvalue weighted by molar-refractivity contribution is -0.136. The summed E-state index contributed by atoms with van der Waals surface area (Å²) >= 11 is 0. The van der Waals surface area contributed by atoms with Gasteiger partial charge in [-0.3, -0.25) is 4.79 Å². The van der Waals surface area contributed by atoms with Gasteiger partial charge in [-0.25, -0.2) is 0 Å². The number of rotatable bonds is 3. The van der Waals surface area contributed by atoms with Gasteiger partial charge in [-0.2, -0.15) is 0 Å². The van der Waals surface area contributed by atoms with Crippen LogP contribution in [0.1, 0.15) is 33.6 Å². The third kappa shape index (κ3) is 2.92. The molecule has 15 heavy (non-hydrogen) atoms. The van der Waals surface area contributed by atoms with E-state index in [1.807, 2.05) is 4.90 Å². The second-order valence-corrected chi connectivity index (χ2v) is 4.41. The van der Waals surface area contributed by atoms with Crippen LogP contribution in [0, 0.1) is 0 Å². The Morgan fingerprint density at radius 3 is 2.87 bits per heavy atom. The molecule has 1 aliphatic heterocycles. The second-order valence-electron chi connectivity index (χ2n) is 4.41. The first-order chi connectivity index (χ1) is 7.07. The Balaban J connectivity index is 2.57. The molecule has 0 aromatic carbocycles. The molecule has 1 aliphatic rings. The largest absolute Gasteiger partial charge is 0.336 e. The molecule has 1 heterocycles. The van der Waals surface area contributed by atoms with Crippen molar-refractivity contribution in [3.63, 3.8) is 0 Å². The van der Waals surface area contributed by atoms with Crippen LogP contribution in [0.2, 0.25) is 0 Å². The van der Waals surface area contributed by atoms with E-state index in [2.05, 4.69) is 26.1 Å². The van der Waals surface area contributed by atoms with Gasteiger partial charge in [0.25, 0.3) is 0 Å². The van der Waals surface area contributed by atoms with Crippen LogP contribution in [-0.2, 0) is 4.79 Å². The molecule has 1 amide bonds. The molecule has 3 N–H and O–H groups in total. The van der Waals surface area contributed by atoms with E-state index in [4.69, 9.17) is 5.73 Å². The Kier molecular flexibility index (Phi) is 4.54. The molecule has 4 heteroatoms. The minimum absolute atomic E-state index is 0.109. The lowest BCUT2D eigenvalue weighted by atomic mass is 10.0. The topological polar surface area (TPSA) is 58.4 Å². The average molecular weight is 213 g/mol. The number of nitrogens with two attached hydrogens (primary N) is 1. The standard InChI is InChI=1S/C11H23N3O/c1-4-5-10(12)11(15)14-7-6-13-8(2)9(14)3/h8-10,13H,4-7,12H2,1-3H3. The molecule has 0 radical (unpaired) electrons. The van der Waals surface area contributed by atoms with Gasteiger partial charge in [0.15, 0.2) is 0 Å². The predicted molar refractivity (Wildman–Crippen MR) is 61.5 cm³/mol. The van der Waals surface area contributed by atoms with E-state index in [9.17, 15) is 4.79 Å². The van der Waals surface area contributed by atoms with Crippen LogP contribution >= 0.6 is 0 Å². The van der Waals surface area contributed by atoms with Gasteiger partial charge in [-0.05, 0) is 20.3 Å². The number of amides is 1. The number of carbonyl (C=O) groups is 1. The number of hydrogen-bond acceptors (Lipinski definition) is 3. The van der Waals surface area contributed by atoms with Gasteiger partial charge >= 0.3 is 0 Å². The summed E-state index contributed by atoms with van der Waals surface area (Å²) in [6.45, 7) is 7.89. The van der Waals surface area contributed by atoms with Crippen LogP contribution in [0.15, 0.2) is 0 Å². The summed E-state index contributed by atoms with van der Waals surface area (Å²) in [4.78, 5) is 13.9. The van der Waals surface area contributed by atoms with E-state index >= 15 is 0 Å². The molecule has 1 fully saturated rings. The zero-order valence-corrected chi connectivity index (χ0v) is 9.99. The smallest absolute Gasteiger partial charge is 0.239 e. The van der Waals surface area contributed by atoms with E-state index in [0.29, 0.717) is 6.04 Å². The van der Waals surface area contributed by atoms with Crippen LogP contribution in [0.25, 0.3) is 0 Å². The summed E-state index contributed by atoms with van der Waals surface area (Å²) < 4.78 is 0. The third-order valence-electron chi connectivity index (χ3n) is 3.23. The highest BCUT2D eigenvalue weighted by Gasteiger charge is 2.30. The summed E-state index contributed by atoms with van der Waals surface area (Å²) in [6, 6.07) is 0.286. The number of piperazine rings is 1. The van der Waals surface area contributed by atoms with Crippen molar-refractivity contribution >= 4 is 5.91 Å². The summed E-state index contributed by atoms with van der Waals surface area (Å²) in [5.41, 5.74) is 5.85. The Morgan fingerprint density at radius 1 is 1.60 bits per heavy atom. The maximum atomic E-state index is 12.0. The third-order valence-corrected chi connectivity index (χ3v) is 3.23. The van der Waals surface area contributed by atoms with Gasteiger partial charge in [0.05, 0.1) is 6.04 Å².